The first-order valence-electron chi connectivity index (χ1n) is 5.00. The van der Waals surface area contributed by atoms with Gasteiger partial charge < -0.3 is 10.6 Å². The summed E-state index contributed by atoms with van der Waals surface area (Å²) in [6.45, 7) is 1.47. The van der Waals surface area contributed by atoms with Gasteiger partial charge in [0.2, 0.25) is 0 Å². The van der Waals surface area contributed by atoms with E-state index in [9.17, 15) is 18.0 Å². The molecule has 1 aromatic rings. The molecule has 1 heterocycles. The summed E-state index contributed by atoms with van der Waals surface area (Å²) in [5, 5.41) is 4.73. The van der Waals surface area contributed by atoms with Crippen molar-refractivity contribution in [3.63, 3.8) is 0 Å². The molecule has 1 aromatic heterocycles. The van der Waals surface area contributed by atoms with Crippen LogP contribution in [0, 0.1) is 5.82 Å². The highest BCUT2D eigenvalue weighted by Crippen LogP contribution is 2.13. The van der Waals surface area contributed by atoms with Gasteiger partial charge in [0.25, 0.3) is 12.3 Å². The van der Waals surface area contributed by atoms with Crippen LogP contribution in [-0.2, 0) is 0 Å². The van der Waals surface area contributed by atoms with Gasteiger partial charge in [0.1, 0.15) is 11.6 Å². The average molecular weight is 247 g/mol. The van der Waals surface area contributed by atoms with Crippen LogP contribution in [0.1, 0.15) is 17.3 Å². The number of nitrogens with zero attached hydrogens (tertiary/aromatic N) is 1. The van der Waals surface area contributed by atoms with E-state index in [0.29, 0.717) is 6.54 Å². The molecule has 2 N–H and O–H groups in total. The molecule has 17 heavy (non-hydrogen) atoms. The lowest BCUT2D eigenvalue weighted by atomic mass is 10.2. The third-order valence-corrected chi connectivity index (χ3v) is 1.86. The minimum Gasteiger partial charge on any atom is -0.370 e. The van der Waals surface area contributed by atoms with Gasteiger partial charge in [-0.05, 0) is 13.0 Å². The van der Waals surface area contributed by atoms with Crippen LogP contribution in [0.15, 0.2) is 12.3 Å². The number of rotatable bonds is 5. The number of nitrogens with one attached hydrogen (secondary N) is 2. The second-order valence-corrected chi connectivity index (χ2v) is 3.18. The molecule has 1 rings (SSSR count). The smallest absolute Gasteiger partial charge is 0.255 e. The first kappa shape index (κ1) is 13.3. The van der Waals surface area contributed by atoms with Crippen molar-refractivity contribution in [1.29, 1.82) is 0 Å². The second-order valence-electron chi connectivity index (χ2n) is 3.18. The van der Waals surface area contributed by atoms with E-state index in [2.05, 4.69) is 10.3 Å². The Balaban J connectivity index is 2.86. The summed E-state index contributed by atoms with van der Waals surface area (Å²) in [6.07, 6.45) is -1.70. The molecule has 0 aromatic carbocycles. The van der Waals surface area contributed by atoms with Gasteiger partial charge in [0.05, 0.1) is 18.3 Å². The molecule has 0 saturated heterocycles. The second kappa shape index (κ2) is 6.07. The van der Waals surface area contributed by atoms with E-state index < -0.39 is 24.7 Å². The number of alkyl halides is 2. The maximum atomic E-state index is 12.9. The number of carbonyl (C=O) groups is 1. The lowest BCUT2D eigenvalue weighted by Crippen LogP contribution is -2.29. The van der Waals surface area contributed by atoms with Crippen molar-refractivity contribution >= 4 is 11.7 Å². The van der Waals surface area contributed by atoms with Crippen LogP contribution in [0.5, 0.6) is 0 Å². The molecule has 0 radical (unpaired) electrons. The summed E-state index contributed by atoms with van der Waals surface area (Å²) in [4.78, 5) is 15.2. The normalized spacial score (nSPS) is 10.4. The SMILES string of the molecule is CCNc1ncc(F)cc1C(=O)NCC(F)F. The monoisotopic (exact) mass is 247 g/mol. The van der Waals surface area contributed by atoms with E-state index in [4.69, 9.17) is 0 Å². The predicted octanol–water partition coefficient (Wildman–Crippen LogP) is 1.65. The van der Waals surface area contributed by atoms with E-state index in [1.165, 1.54) is 0 Å². The molecule has 0 atom stereocenters. The van der Waals surface area contributed by atoms with Gasteiger partial charge in [-0.2, -0.15) is 0 Å². The molecule has 1 amide bonds. The van der Waals surface area contributed by atoms with Crippen molar-refractivity contribution in [2.75, 3.05) is 18.4 Å². The molecular weight excluding hydrogens is 235 g/mol. The van der Waals surface area contributed by atoms with Crippen LogP contribution in [-0.4, -0.2) is 30.4 Å². The third kappa shape index (κ3) is 3.93. The van der Waals surface area contributed by atoms with Gasteiger partial charge in [0.15, 0.2) is 0 Å². The molecule has 0 saturated carbocycles. The van der Waals surface area contributed by atoms with Crippen LogP contribution >= 0.6 is 0 Å². The number of hydrogen-bond acceptors (Lipinski definition) is 3. The zero-order valence-corrected chi connectivity index (χ0v) is 9.14. The quantitative estimate of drug-likeness (QED) is 0.831. The minimum absolute atomic E-state index is 0.0903. The molecule has 7 heteroatoms. The van der Waals surface area contributed by atoms with E-state index in [-0.39, 0.29) is 11.4 Å². The van der Waals surface area contributed by atoms with E-state index in [0.717, 1.165) is 12.3 Å². The van der Waals surface area contributed by atoms with Crippen molar-refractivity contribution in [1.82, 2.24) is 10.3 Å². The van der Waals surface area contributed by atoms with Crippen molar-refractivity contribution < 1.29 is 18.0 Å². The fraction of sp³-hybridized carbons (Fsp3) is 0.400. The van der Waals surface area contributed by atoms with Crippen molar-refractivity contribution in [3.05, 3.63) is 23.6 Å². The lowest BCUT2D eigenvalue weighted by Gasteiger charge is -2.09. The molecule has 0 fully saturated rings. The predicted molar refractivity (Wildman–Crippen MR) is 56.7 cm³/mol. The molecule has 94 valence electrons. The van der Waals surface area contributed by atoms with Gasteiger partial charge in [-0.15, -0.1) is 0 Å². The number of halogens is 3. The van der Waals surface area contributed by atoms with Gasteiger partial charge in [-0.1, -0.05) is 0 Å². The van der Waals surface area contributed by atoms with E-state index in [1.54, 1.807) is 6.92 Å². The zero-order valence-electron chi connectivity index (χ0n) is 9.14. The first-order valence-corrected chi connectivity index (χ1v) is 5.00. The Bertz CT molecular complexity index is 398. The highest BCUT2D eigenvalue weighted by atomic mass is 19.3. The Morgan fingerprint density at radius 1 is 1.53 bits per heavy atom. The number of aromatic nitrogens is 1. The Labute approximate surface area is 96.2 Å². The maximum Gasteiger partial charge on any atom is 0.255 e. The number of pyridine rings is 1. The van der Waals surface area contributed by atoms with E-state index >= 15 is 0 Å². The van der Waals surface area contributed by atoms with Crippen molar-refractivity contribution in [2.45, 2.75) is 13.3 Å². The molecule has 0 spiro atoms. The molecular formula is C10H12F3N3O. The number of anilines is 1. The zero-order chi connectivity index (χ0) is 12.8. The largest absolute Gasteiger partial charge is 0.370 e. The Morgan fingerprint density at radius 2 is 2.24 bits per heavy atom. The highest BCUT2D eigenvalue weighted by Gasteiger charge is 2.14. The fourth-order valence-electron chi connectivity index (χ4n) is 1.19. The van der Waals surface area contributed by atoms with Crippen molar-refractivity contribution in [3.8, 4) is 0 Å². The fourth-order valence-corrected chi connectivity index (χ4v) is 1.19. The summed E-state index contributed by atoms with van der Waals surface area (Å²) < 4.78 is 36.8. The Kier molecular flexibility index (Phi) is 4.74. The Morgan fingerprint density at radius 3 is 2.82 bits per heavy atom. The minimum atomic E-state index is -2.65. The topological polar surface area (TPSA) is 54.0 Å². The van der Waals surface area contributed by atoms with Gasteiger partial charge in [-0.25, -0.2) is 18.2 Å². The molecule has 0 unspecified atom stereocenters. The number of hydrogen-bond donors (Lipinski definition) is 2. The van der Waals surface area contributed by atoms with Gasteiger partial charge in [0, 0.05) is 6.54 Å². The standard InChI is InChI=1S/C10H12F3N3O/c1-2-14-9-7(3-6(11)4-15-9)10(17)16-5-8(12)13/h3-4,8H,2,5H2,1H3,(H,14,15)(H,16,17). The summed E-state index contributed by atoms with van der Waals surface area (Å²) >= 11 is 0. The molecule has 0 aliphatic heterocycles. The molecule has 4 nitrogen and oxygen atoms in total. The highest BCUT2D eigenvalue weighted by molar-refractivity contribution is 5.98. The van der Waals surface area contributed by atoms with Crippen LogP contribution in [0.2, 0.25) is 0 Å². The van der Waals surface area contributed by atoms with Crippen molar-refractivity contribution in [2.24, 2.45) is 0 Å². The van der Waals surface area contributed by atoms with Crippen LogP contribution in [0.4, 0.5) is 19.0 Å². The summed E-state index contributed by atoms with van der Waals surface area (Å²) in [5.41, 5.74) is -0.0903. The molecule has 0 aliphatic carbocycles. The van der Waals surface area contributed by atoms with Crippen LogP contribution in [0.25, 0.3) is 0 Å². The van der Waals surface area contributed by atoms with Crippen LogP contribution < -0.4 is 10.6 Å². The summed E-state index contributed by atoms with van der Waals surface area (Å²) in [6, 6.07) is 0.950. The average Bonchev–Trinajstić information content (AvgIpc) is 2.28. The first-order chi connectivity index (χ1) is 8.04. The molecule has 0 aliphatic rings. The Hall–Kier alpha value is -1.79. The summed E-state index contributed by atoms with van der Waals surface area (Å²) in [7, 11) is 0. The van der Waals surface area contributed by atoms with Crippen LogP contribution in [0.3, 0.4) is 0 Å². The summed E-state index contributed by atoms with van der Waals surface area (Å²) in [5.74, 6) is -1.32. The van der Waals surface area contributed by atoms with Gasteiger partial charge >= 0.3 is 0 Å². The third-order valence-electron chi connectivity index (χ3n) is 1.86. The molecule has 0 bridgehead atoms. The lowest BCUT2D eigenvalue weighted by molar-refractivity contribution is 0.0891. The van der Waals surface area contributed by atoms with Gasteiger partial charge in [-0.3, -0.25) is 4.79 Å². The van der Waals surface area contributed by atoms with E-state index in [1.807, 2.05) is 5.32 Å². The number of carbonyl (C=O) groups excluding carboxylic acids is 1. The number of amides is 1. The maximum absolute atomic E-state index is 12.9.